The van der Waals surface area contributed by atoms with E-state index in [4.69, 9.17) is 10.00 Å². The highest BCUT2D eigenvalue weighted by Crippen LogP contribution is 2.31. The van der Waals surface area contributed by atoms with E-state index in [1.54, 1.807) is 12.1 Å². The first-order valence-corrected chi connectivity index (χ1v) is 4.82. The molecule has 1 aromatic carbocycles. The van der Waals surface area contributed by atoms with Crippen LogP contribution in [0.15, 0.2) is 24.3 Å². The van der Waals surface area contributed by atoms with Crippen LogP contribution in [0.2, 0.25) is 0 Å². The molecule has 0 bridgehead atoms. The number of cyclic esters (lactones) is 1. The Morgan fingerprint density at radius 3 is 3.06 bits per heavy atom. The molecule has 0 aliphatic carbocycles. The number of nitriles is 1. The van der Waals surface area contributed by atoms with E-state index in [1.165, 1.54) is 12.1 Å². The number of benzene rings is 1. The summed E-state index contributed by atoms with van der Waals surface area (Å²) in [5, 5.41) is 8.38. The molecule has 0 atom stereocenters. The molecular weight excluding hydrogens is 209 g/mol. The van der Waals surface area contributed by atoms with Crippen molar-refractivity contribution in [2.24, 2.45) is 0 Å². The fourth-order valence-corrected chi connectivity index (χ4v) is 1.56. The molecule has 0 saturated heterocycles. The van der Waals surface area contributed by atoms with Gasteiger partial charge in [-0.2, -0.15) is 5.26 Å². The molecule has 16 heavy (non-hydrogen) atoms. The summed E-state index contributed by atoms with van der Waals surface area (Å²) >= 11 is 0. The van der Waals surface area contributed by atoms with E-state index in [2.05, 4.69) is 0 Å². The Bertz CT molecular complexity index is 514. The molecule has 1 heterocycles. The van der Waals surface area contributed by atoms with Gasteiger partial charge in [-0.1, -0.05) is 12.1 Å². The first kappa shape index (κ1) is 10.4. The Kier molecular flexibility index (Phi) is 2.69. The second-order valence-electron chi connectivity index (χ2n) is 3.32. The van der Waals surface area contributed by atoms with Crippen molar-refractivity contribution in [3.05, 3.63) is 41.2 Å². The van der Waals surface area contributed by atoms with Gasteiger partial charge in [-0.05, 0) is 18.6 Å². The summed E-state index contributed by atoms with van der Waals surface area (Å²) in [6.07, 6.45) is 2.45. The lowest BCUT2D eigenvalue weighted by atomic mass is 10.1. The maximum Gasteiger partial charge on any atom is 0.347 e. The number of halogens is 1. The van der Waals surface area contributed by atoms with Crippen LogP contribution >= 0.6 is 0 Å². The minimum Gasteiger partial charge on any atom is -0.423 e. The standard InChI is InChI=1S/C12H8FNO2/c13-9-5-3-4-8-10(6-1-2-7-14)16-12(15)11(8)9/h3-6H,1-2H2. The number of nitrogens with zero attached hydrogens (tertiary/aromatic N) is 1. The van der Waals surface area contributed by atoms with E-state index in [0.29, 0.717) is 24.2 Å². The maximum atomic E-state index is 13.3. The Morgan fingerprint density at radius 1 is 1.50 bits per heavy atom. The molecule has 0 amide bonds. The maximum absolute atomic E-state index is 13.3. The number of unbranched alkanes of at least 4 members (excludes halogenated alkanes) is 1. The second-order valence-corrected chi connectivity index (χ2v) is 3.32. The Morgan fingerprint density at radius 2 is 2.31 bits per heavy atom. The van der Waals surface area contributed by atoms with Crippen molar-refractivity contribution in [1.82, 2.24) is 0 Å². The predicted molar refractivity (Wildman–Crippen MR) is 54.6 cm³/mol. The van der Waals surface area contributed by atoms with Gasteiger partial charge in [0.05, 0.1) is 6.07 Å². The summed E-state index contributed by atoms with van der Waals surface area (Å²) in [6, 6.07) is 6.35. The Balaban J connectivity index is 2.37. The fraction of sp³-hybridized carbons (Fsp3) is 0.167. The van der Waals surface area contributed by atoms with Crippen LogP contribution in [0.3, 0.4) is 0 Å². The van der Waals surface area contributed by atoms with Crippen molar-refractivity contribution in [2.45, 2.75) is 12.8 Å². The van der Waals surface area contributed by atoms with Gasteiger partial charge >= 0.3 is 5.97 Å². The van der Waals surface area contributed by atoms with Gasteiger partial charge in [0.15, 0.2) is 0 Å². The van der Waals surface area contributed by atoms with Gasteiger partial charge < -0.3 is 4.74 Å². The Hall–Kier alpha value is -2.15. The third-order valence-corrected chi connectivity index (χ3v) is 2.27. The normalized spacial score (nSPS) is 15.8. The predicted octanol–water partition coefficient (Wildman–Crippen LogP) is 2.64. The summed E-state index contributed by atoms with van der Waals surface area (Å²) in [6.45, 7) is 0. The fourth-order valence-electron chi connectivity index (χ4n) is 1.56. The van der Waals surface area contributed by atoms with E-state index in [9.17, 15) is 9.18 Å². The zero-order valence-electron chi connectivity index (χ0n) is 8.37. The Labute approximate surface area is 91.8 Å². The van der Waals surface area contributed by atoms with Gasteiger partial charge in [0.1, 0.15) is 17.1 Å². The van der Waals surface area contributed by atoms with Gasteiger partial charge in [0.2, 0.25) is 0 Å². The minimum atomic E-state index is -0.670. The summed E-state index contributed by atoms with van der Waals surface area (Å²) < 4.78 is 18.3. The topological polar surface area (TPSA) is 50.1 Å². The molecule has 0 radical (unpaired) electrons. The molecule has 80 valence electrons. The highest BCUT2D eigenvalue weighted by molar-refractivity contribution is 6.03. The van der Waals surface area contributed by atoms with E-state index in [0.717, 1.165) is 0 Å². The van der Waals surface area contributed by atoms with Gasteiger partial charge in [0, 0.05) is 12.0 Å². The van der Waals surface area contributed by atoms with E-state index < -0.39 is 11.8 Å². The molecule has 0 aromatic heterocycles. The van der Waals surface area contributed by atoms with Gasteiger partial charge in [-0.15, -0.1) is 0 Å². The number of hydrogen-bond acceptors (Lipinski definition) is 3. The van der Waals surface area contributed by atoms with Crippen LogP contribution in [0, 0.1) is 17.1 Å². The average molecular weight is 217 g/mol. The van der Waals surface area contributed by atoms with Crippen molar-refractivity contribution in [1.29, 1.82) is 5.26 Å². The van der Waals surface area contributed by atoms with Crippen molar-refractivity contribution in [2.75, 3.05) is 0 Å². The number of carbonyl (C=O) groups is 1. The zero-order valence-corrected chi connectivity index (χ0v) is 8.37. The largest absolute Gasteiger partial charge is 0.423 e. The van der Waals surface area contributed by atoms with E-state index in [1.807, 2.05) is 6.07 Å². The smallest absolute Gasteiger partial charge is 0.347 e. The third kappa shape index (κ3) is 1.68. The first-order valence-electron chi connectivity index (χ1n) is 4.82. The van der Waals surface area contributed by atoms with Crippen molar-refractivity contribution in [3.8, 4) is 6.07 Å². The average Bonchev–Trinajstić information content (AvgIpc) is 2.58. The van der Waals surface area contributed by atoms with Gasteiger partial charge in [-0.25, -0.2) is 9.18 Å². The molecule has 1 aliphatic rings. The number of rotatable bonds is 2. The van der Waals surface area contributed by atoms with Gasteiger partial charge in [0.25, 0.3) is 0 Å². The van der Waals surface area contributed by atoms with Crippen LogP contribution in [0.5, 0.6) is 0 Å². The van der Waals surface area contributed by atoms with Crippen molar-refractivity contribution >= 4 is 11.7 Å². The molecule has 3 nitrogen and oxygen atoms in total. The summed E-state index contributed by atoms with van der Waals surface area (Å²) in [7, 11) is 0. The molecule has 0 unspecified atom stereocenters. The number of esters is 1. The first-order chi connectivity index (χ1) is 7.74. The molecule has 4 heteroatoms. The minimum absolute atomic E-state index is 0.0225. The molecule has 1 aromatic rings. The molecule has 1 aliphatic heterocycles. The van der Waals surface area contributed by atoms with Crippen molar-refractivity contribution in [3.63, 3.8) is 0 Å². The van der Waals surface area contributed by atoms with Crippen molar-refractivity contribution < 1.29 is 13.9 Å². The van der Waals surface area contributed by atoms with Crippen LogP contribution < -0.4 is 0 Å². The SMILES string of the molecule is N#CCCC=C1OC(=O)c2c(F)cccc21. The molecule has 0 N–H and O–H groups in total. The molecule has 0 spiro atoms. The van der Waals surface area contributed by atoms with Gasteiger partial charge in [-0.3, -0.25) is 0 Å². The summed E-state index contributed by atoms with van der Waals surface area (Å²) in [5.74, 6) is -0.905. The number of fused-ring (bicyclic) bond motifs is 1. The lowest BCUT2D eigenvalue weighted by molar-refractivity contribution is 0.0711. The van der Waals surface area contributed by atoms with Crippen LogP contribution in [0.4, 0.5) is 4.39 Å². The van der Waals surface area contributed by atoms with Crippen LogP contribution in [-0.2, 0) is 4.74 Å². The van der Waals surface area contributed by atoms with Crippen LogP contribution in [0.1, 0.15) is 28.8 Å². The lowest BCUT2D eigenvalue weighted by Gasteiger charge is -1.96. The van der Waals surface area contributed by atoms with E-state index >= 15 is 0 Å². The number of hydrogen-bond donors (Lipinski definition) is 0. The second kappa shape index (κ2) is 4.15. The highest BCUT2D eigenvalue weighted by atomic mass is 19.1. The number of ether oxygens (including phenoxy) is 1. The van der Waals surface area contributed by atoms with Crippen LogP contribution in [-0.4, -0.2) is 5.97 Å². The quantitative estimate of drug-likeness (QED) is 0.565. The molecular formula is C12H8FNO2. The molecule has 0 fully saturated rings. The van der Waals surface area contributed by atoms with E-state index in [-0.39, 0.29) is 5.56 Å². The van der Waals surface area contributed by atoms with Crippen LogP contribution in [0.25, 0.3) is 5.76 Å². The summed E-state index contributed by atoms with van der Waals surface area (Å²) in [4.78, 5) is 11.4. The summed E-state index contributed by atoms with van der Waals surface area (Å²) in [5.41, 5.74) is 0.439. The highest BCUT2D eigenvalue weighted by Gasteiger charge is 2.29. The number of carbonyl (C=O) groups excluding carboxylic acids is 1. The molecule has 2 rings (SSSR count). The molecule has 0 saturated carbocycles. The lowest BCUT2D eigenvalue weighted by Crippen LogP contribution is -1.96. The monoisotopic (exact) mass is 217 g/mol. The number of allylic oxidation sites excluding steroid dienone is 1. The third-order valence-electron chi connectivity index (χ3n) is 2.27. The zero-order chi connectivity index (χ0) is 11.5.